The fourth-order valence-electron chi connectivity index (χ4n) is 3.15. The van der Waals surface area contributed by atoms with E-state index in [2.05, 4.69) is 4.98 Å². The molecule has 4 rings (SSSR count). The highest BCUT2D eigenvalue weighted by atomic mass is 16.7. The summed E-state index contributed by atoms with van der Waals surface area (Å²) in [4.78, 5) is 39.3. The largest absolute Gasteiger partial charge is 0.462 e. The second-order valence-corrected chi connectivity index (χ2v) is 5.84. The number of fused-ring (bicyclic) bond motifs is 2. The second-order valence-electron chi connectivity index (χ2n) is 5.84. The number of aromatic nitrogens is 1. The quantitative estimate of drug-likeness (QED) is 0.834. The number of rotatable bonds is 3. The monoisotopic (exact) mass is 357 g/mol. The highest BCUT2D eigenvalue weighted by molar-refractivity contribution is 5.94. The molecule has 2 aromatic rings. The molecule has 1 aromatic carbocycles. The van der Waals surface area contributed by atoms with Gasteiger partial charge in [0.15, 0.2) is 17.2 Å². The molecule has 134 valence electrons. The second kappa shape index (κ2) is 6.21. The molecule has 0 bridgehead atoms. The third-order valence-electron chi connectivity index (χ3n) is 4.31. The van der Waals surface area contributed by atoms with Gasteiger partial charge in [-0.3, -0.25) is 9.59 Å². The van der Waals surface area contributed by atoms with Crippen molar-refractivity contribution in [2.24, 2.45) is 0 Å². The predicted molar refractivity (Wildman–Crippen MR) is 87.7 cm³/mol. The van der Waals surface area contributed by atoms with E-state index < -0.39 is 23.4 Å². The summed E-state index contributed by atoms with van der Waals surface area (Å²) in [5.74, 6) is -0.678. The first-order chi connectivity index (χ1) is 12.6. The molecule has 0 amide bonds. The normalized spacial score (nSPS) is 17.4. The maximum Gasteiger partial charge on any atom is 0.343 e. The molecule has 1 aromatic heterocycles. The van der Waals surface area contributed by atoms with E-state index in [0.717, 1.165) is 0 Å². The molecule has 0 saturated carbocycles. The van der Waals surface area contributed by atoms with E-state index in [1.165, 1.54) is 6.20 Å². The first kappa shape index (κ1) is 16.2. The van der Waals surface area contributed by atoms with Gasteiger partial charge in [-0.05, 0) is 24.6 Å². The van der Waals surface area contributed by atoms with Gasteiger partial charge in [-0.15, -0.1) is 0 Å². The summed E-state index contributed by atoms with van der Waals surface area (Å²) in [6, 6.07) is 5.21. The molecule has 0 radical (unpaired) electrons. The standard InChI is InChI=1S/C18H15NO7/c1-2-23-18(22)11-7-19-17(21)15-10(6-14(20)26-16(11)15)9-3-4-12-13(5-9)25-8-24-12/h3-5,7,10H,2,6,8H2,1H3,(H,19,21)/t10-/m0/s1. The Morgan fingerprint density at radius 2 is 2.08 bits per heavy atom. The van der Waals surface area contributed by atoms with Crippen molar-refractivity contribution in [1.29, 1.82) is 0 Å². The average molecular weight is 357 g/mol. The van der Waals surface area contributed by atoms with Gasteiger partial charge >= 0.3 is 11.9 Å². The van der Waals surface area contributed by atoms with Gasteiger partial charge in [0.25, 0.3) is 5.56 Å². The minimum absolute atomic E-state index is 0.0141. The number of ether oxygens (including phenoxy) is 4. The smallest absolute Gasteiger partial charge is 0.343 e. The molecule has 0 spiro atoms. The highest BCUT2D eigenvalue weighted by Crippen LogP contribution is 2.42. The van der Waals surface area contributed by atoms with Crippen molar-refractivity contribution in [3.05, 3.63) is 51.4 Å². The van der Waals surface area contributed by atoms with Crippen LogP contribution in [0.15, 0.2) is 29.2 Å². The molecule has 26 heavy (non-hydrogen) atoms. The summed E-state index contributed by atoms with van der Waals surface area (Å²) in [5, 5.41) is 0. The number of carbonyl (C=O) groups is 2. The summed E-state index contributed by atoms with van der Waals surface area (Å²) < 4.78 is 20.9. The third-order valence-corrected chi connectivity index (χ3v) is 4.31. The molecule has 8 nitrogen and oxygen atoms in total. The first-order valence-electron chi connectivity index (χ1n) is 8.11. The SMILES string of the molecule is CCOC(=O)c1c[nH]c(=O)c2c1OC(=O)C[C@H]2c1ccc2c(c1)OCO2. The molecule has 0 fully saturated rings. The van der Waals surface area contributed by atoms with Crippen LogP contribution < -0.4 is 19.8 Å². The van der Waals surface area contributed by atoms with E-state index in [0.29, 0.717) is 17.1 Å². The third kappa shape index (κ3) is 2.59. The lowest BCUT2D eigenvalue weighted by Gasteiger charge is -2.25. The van der Waals surface area contributed by atoms with Crippen molar-refractivity contribution in [2.75, 3.05) is 13.4 Å². The van der Waals surface area contributed by atoms with E-state index >= 15 is 0 Å². The van der Waals surface area contributed by atoms with Crippen LogP contribution >= 0.6 is 0 Å². The summed E-state index contributed by atoms with van der Waals surface area (Å²) >= 11 is 0. The van der Waals surface area contributed by atoms with E-state index in [1.807, 2.05) is 0 Å². The lowest BCUT2D eigenvalue weighted by Crippen LogP contribution is -2.30. The summed E-state index contributed by atoms with van der Waals surface area (Å²) in [6.07, 6.45) is 1.18. The van der Waals surface area contributed by atoms with Gasteiger partial charge in [-0.1, -0.05) is 6.07 Å². The Kier molecular flexibility index (Phi) is 3.87. The van der Waals surface area contributed by atoms with Gasteiger partial charge in [0, 0.05) is 12.1 Å². The molecule has 1 N–H and O–H groups in total. The molecule has 0 aliphatic carbocycles. The highest BCUT2D eigenvalue weighted by Gasteiger charge is 2.35. The van der Waals surface area contributed by atoms with E-state index in [4.69, 9.17) is 18.9 Å². The number of hydrogen-bond acceptors (Lipinski definition) is 7. The number of esters is 2. The lowest BCUT2D eigenvalue weighted by atomic mass is 9.86. The predicted octanol–water partition coefficient (Wildman–Crippen LogP) is 1.72. The number of H-pyrrole nitrogens is 1. The van der Waals surface area contributed by atoms with Crippen LogP contribution in [0.3, 0.4) is 0 Å². The number of nitrogens with one attached hydrogen (secondary N) is 1. The van der Waals surface area contributed by atoms with Gasteiger partial charge in [0.2, 0.25) is 6.79 Å². The lowest BCUT2D eigenvalue weighted by molar-refractivity contribution is -0.135. The molecule has 1 atom stereocenters. The van der Waals surface area contributed by atoms with Crippen LogP contribution in [0.5, 0.6) is 17.2 Å². The van der Waals surface area contributed by atoms with Crippen molar-refractivity contribution < 1.29 is 28.5 Å². The fourth-order valence-corrected chi connectivity index (χ4v) is 3.15. The van der Waals surface area contributed by atoms with E-state index in [1.54, 1.807) is 25.1 Å². The van der Waals surface area contributed by atoms with Crippen molar-refractivity contribution >= 4 is 11.9 Å². The Hall–Kier alpha value is -3.29. The molecule has 0 unspecified atom stereocenters. The van der Waals surface area contributed by atoms with E-state index in [-0.39, 0.29) is 36.7 Å². The summed E-state index contributed by atoms with van der Waals surface area (Å²) in [7, 11) is 0. The van der Waals surface area contributed by atoms with Crippen LogP contribution in [0, 0.1) is 0 Å². The zero-order valence-electron chi connectivity index (χ0n) is 13.9. The zero-order chi connectivity index (χ0) is 18.3. The van der Waals surface area contributed by atoms with E-state index in [9.17, 15) is 14.4 Å². The minimum Gasteiger partial charge on any atom is -0.462 e. The number of aromatic amines is 1. The number of hydrogen-bond donors (Lipinski definition) is 1. The minimum atomic E-state index is -0.667. The van der Waals surface area contributed by atoms with Crippen LogP contribution in [0.1, 0.15) is 40.7 Å². The van der Waals surface area contributed by atoms with Gasteiger partial charge in [-0.25, -0.2) is 4.79 Å². The Labute approximate surface area is 147 Å². The maximum atomic E-state index is 12.5. The van der Waals surface area contributed by atoms with Crippen molar-refractivity contribution in [1.82, 2.24) is 4.98 Å². The summed E-state index contributed by atoms with van der Waals surface area (Å²) in [5.41, 5.74) is 0.496. The van der Waals surface area contributed by atoms with Crippen LogP contribution in [0.2, 0.25) is 0 Å². The van der Waals surface area contributed by atoms with Crippen molar-refractivity contribution in [3.8, 4) is 17.2 Å². The number of benzene rings is 1. The molecule has 2 aliphatic rings. The Morgan fingerprint density at radius 1 is 1.27 bits per heavy atom. The van der Waals surface area contributed by atoms with Gasteiger partial charge in [0.1, 0.15) is 5.56 Å². The van der Waals surface area contributed by atoms with Crippen molar-refractivity contribution in [2.45, 2.75) is 19.3 Å². The van der Waals surface area contributed by atoms with Crippen LogP contribution in [-0.4, -0.2) is 30.3 Å². The Morgan fingerprint density at radius 3 is 2.88 bits per heavy atom. The average Bonchev–Trinajstić information content (AvgIpc) is 3.09. The molecule has 2 aliphatic heterocycles. The van der Waals surface area contributed by atoms with Gasteiger partial charge in [0.05, 0.1) is 18.6 Å². The zero-order valence-corrected chi connectivity index (χ0v) is 13.9. The Bertz CT molecular complexity index is 962. The molecule has 0 saturated heterocycles. The number of carbonyl (C=O) groups excluding carboxylic acids is 2. The van der Waals surface area contributed by atoms with Gasteiger partial charge < -0.3 is 23.9 Å². The summed E-state index contributed by atoms with van der Waals surface area (Å²) in [6.45, 7) is 1.94. The topological polar surface area (TPSA) is 104 Å². The number of pyridine rings is 1. The van der Waals surface area contributed by atoms with Crippen molar-refractivity contribution in [3.63, 3.8) is 0 Å². The first-order valence-corrected chi connectivity index (χ1v) is 8.11. The Balaban J connectivity index is 1.85. The molecule has 8 heteroatoms. The van der Waals surface area contributed by atoms with Gasteiger partial charge in [-0.2, -0.15) is 0 Å². The fraction of sp³-hybridized carbons (Fsp3) is 0.278. The van der Waals surface area contributed by atoms with Crippen LogP contribution in [0.4, 0.5) is 0 Å². The van der Waals surface area contributed by atoms with Crippen LogP contribution in [-0.2, 0) is 9.53 Å². The molecule has 3 heterocycles. The molecular weight excluding hydrogens is 342 g/mol. The molecular formula is C18H15NO7. The van der Waals surface area contributed by atoms with Crippen LogP contribution in [0.25, 0.3) is 0 Å². The maximum absolute atomic E-state index is 12.5.